The van der Waals surface area contributed by atoms with Crippen LogP contribution in [0.1, 0.15) is 24.3 Å². The number of anilines is 1. The van der Waals surface area contributed by atoms with Gasteiger partial charge in [0.1, 0.15) is 0 Å². The SMILES string of the molecule is Nc1ccccc1C1CCC1(F)F. The van der Waals surface area contributed by atoms with Crippen molar-refractivity contribution in [3.05, 3.63) is 29.8 Å². The Bertz CT molecular complexity index is 322. The van der Waals surface area contributed by atoms with Crippen LogP contribution in [0.3, 0.4) is 0 Å². The Kier molecular flexibility index (Phi) is 1.75. The summed E-state index contributed by atoms with van der Waals surface area (Å²) in [6.07, 6.45) is 0.535. The van der Waals surface area contributed by atoms with Gasteiger partial charge in [0.05, 0.1) is 0 Å². The van der Waals surface area contributed by atoms with Crippen molar-refractivity contribution in [3.8, 4) is 0 Å². The molecular formula is C10H11F2N. The smallest absolute Gasteiger partial charge is 0.255 e. The van der Waals surface area contributed by atoms with Gasteiger partial charge in [-0.15, -0.1) is 0 Å². The summed E-state index contributed by atoms with van der Waals surface area (Å²) in [5, 5.41) is 0. The van der Waals surface area contributed by atoms with Gasteiger partial charge in [0.25, 0.3) is 5.92 Å². The van der Waals surface area contributed by atoms with Gasteiger partial charge >= 0.3 is 0 Å². The Morgan fingerprint density at radius 1 is 1.31 bits per heavy atom. The lowest BCUT2D eigenvalue weighted by Crippen LogP contribution is -2.36. The standard InChI is InChI=1S/C10H11F2N/c11-10(12)6-5-8(10)7-3-1-2-4-9(7)13/h1-4,8H,5-6,13H2. The Balaban J connectivity index is 2.32. The van der Waals surface area contributed by atoms with Crippen LogP contribution in [0.5, 0.6) is 0 Å². The van der Waals surface area contributed by atoms with Crippen LogP contribution >= 0.6 is 0 Å². The molecule has 0 spiro atoms. The van der Waals surface area contributed by atoms with E-state index in [1.165, 1.54) is 0 Å². The molecule has 70 valence electrons. The molecule has 1 nitrogen and oxygen atoms in total. The van der Waals surface area contributed by atoms with Gasteiger partial charge in [-0.1, -0.05) is 18.2 Å². The third kappa shape index (κ3) is 1.28. The van der Waals surface area contributed by atoms with Crippen molar-refractivity contribution in [1.82, 2.24) is 0 Å². The number of nitrogen functional groups attached to an aromatic ring is 1. The molecule has 1 aliphatic rings. The summed E-state index contributed by atoms with van der Waals surface area (Å²) in [7, 11) is 0. The van der Waals surface area contributed by atoms with Gasteiger partial charge in [-0.3, -0.25) is 0 Å². The van der Waals surface area contributed by atoms with Gasteiger partial charge in [0, 0.05) is 18.0 Å². The normalized spacial score (nSPS) is 25.2. The van der Waals surface area contributed by atoms with Gasteiger partial charge < -0.3 is 5.73 Å². The Morgan fingerprint density at radius 3 is 2.46 bits per heavy atom. The van der Waals surface area contributed by atoms with Crippen molar-refractivity contribution in [2.24, 2.45) is 0 Å². The lowest BCUT2D eigenvalue weighted by atomic mass is 9.75. The molecule has 2 rings (SSSR count). The number of halogens is 2. The predicted molar refractivity (Wildman–Crippen MR) is 47.8 cm³/mol. The third-order valence-corrected chi connectivity index (χ3v) is 2.65. The molecule has 1 aromatic rings. The van der Waals surface area contributed by atoms with Crippen molar-refractivity contribution in [1.29, 1.82) is 0 Å². The third-order valence-electron chi connectivity index (χ3n) is 2.65. The van der Waals surface area contributed by atoms with Crippen molar-refractivity contribution in [2.75, 3.05) is 5.73 Å². The van der Waals surface area contributed by atoms with Crippen LogP contribution < -0.4 is 5.73 Å². The highest BCUT2D eigenvalue weighted by Crippen LogP contribution is 2.51. The minimum absolute atomic E-state index is 0.00794. The van der Waals surface area contributed by atoms with Crippen LogP contribution in [0.25, 0.3) is 0 Å². The molecule has 0 amide bonds. The zero-order valence-electron chi connectivity index (χ0n) is 7.13. The van der Waals surface area contributed by atoms with E-state index in [0.29, 0.717) is 17.7 Å². The lowest BCUT2D eigenvalue weighted by Gasteiger charge is -2.37. The summed E-state index contributed by atoms with van der Waals surface area (Å²) in [5.74, 6) is -3.20. The van der Waals surface area contributed by atoms with E-state index in [1.807, 2.05) is 0 Å². The van der Waals surface area contributed by atoms with E-state index in [0.717, 1.165) is 0 Å². The summed E-state index contributed by atoms with van der Waals surface area (Å²) in [4.78, 5) is 0. The first-order valence-corrected chi connectivity index (χ1v) is 4.33. The van der Waals surface area contributed by atoms with Crippen LogP contribution in [-0.4, -0.2) is 5.92 Å². The van der Waals surface area contributed by atoms with E-state index in [4.69, 9.17) is 5.73 Å². The van der Waals surface area contributed by atoms with Crippen LogP contribution in [0, 0.1) is 0 Å². The molecule has 0 heterocycles. The molecule has 1 fully saturated rings. The summed E-state index contributed by atoms with van der Waals surface area (Å²) in [6, 6.07) is 6.87. The highest BCUT2D eigenvalue weighted by molar-refractivity contribution is 5.50. The van der Waals surface area contributed by atoms with Gasteiger partial charge in [0.15, 0.2) is 0 Å². The predicted octanol–water partition coefficient (Wildman–Crippen LogP) is 2.78. The molecule has 0 bridgehead atoms. The molecular weight excluding hydrogens is 172 g/mol. The first-order chi connectivity index (χ1) is 6.11. The molecule has 3 heteroatoms. The molecule has 13 heavy (non-hydrogen) atoms. The van der Waals surface area contributed by atoms with Crippen LogP contribution in [-0.2, 0) is 0 Å². The van der Waals surface area contributed by atoms with E-state index >= 15 is 0 Å². The molecule has 1 saturated carbocycles. The summed E-state index contributed by atoms with van der Waals surface area (Å²) in [5.41, 5.74) is 6.69. The Labute approximate surface area is 75.6 Å². The zero-order chi connectivity index (χ0) is 9.47. The number of benzene rings is 1. The number of nitrogens with two attached hydrogens (primary N) is 1. The largest absolute Gasteiger partial charge is 0.398 e. The average molecular weight is 183 g/mol. The van der Waals surface area contributed by atoms with Gasteiger partial charge in [-0.25, -0.2) is 8.78 Å². The van der Waals surface area contributed by atoms with Gasteiger partial charge in [-0.2, -0.15) is 0 Å². The topological polar surface area (TPSA) is 26.0 Å². The second-order valence-electron chi connectivity index (χ2n) is 3.48. The Hall–Kier alpha value is -1.12. The quantitative estimate of drug-likeness (QED) is 0.665. The van der Waals surface area contributed by atoms with Crippen molar-refractivity contribution in [3.63, 3.8) is 0 Å². The maximum Gasteiger partial charge on any atom is 0.255 e. The molecule has 1 aliphatic carbocycles. The molecule has 1 unspecified atom stereocenters. The fourth-order valence-electron chi connectivity index (χ4n) is 1.72. The molecule has 1 atom stereocenters. The second kappa shape index (κ2) is 2.69. The number of hydrogen-bond acceptors (Lipinski definition) is 1. The van der Waals surface area contributed by atoms with Crippen LogP contribution in [0.15, 0.2) is 24.3 Å². The summed E-state index contributed by atoms with van der Waals surface area (Å²) in [6.45, 7) is 0. The number of alkyl halides is 2. The molecule has 0 aromatic heterocycles. The van der Waals surface area contributed by atoms with Crippen molar-refractivity contribution >= 4 is 5.69 Å². The zero-order valence-corrected chi connectivity index (χ0v) is 7.13. The number of rotatable bonds is 1. The summed E-state index contributed by atoms with van der Waals surface area (Å²) >= 11 is 0. The maximum absolute atomic E-state index is 13.0. The highest BCUT2D eigenvalue weighted by atomic mass is 19.3. The van der Waals surface area contributed by atoms with Crippen molar-refractivity contribution in [2.45, 2.75) is 24.7 Å². The average Bonchev–Trinajstić information content (AvgIpc) is 2.07. The summed E-state index contributed by atoms with van der Waals surface area (Å²) < 4.78 is 26.0. The van der Waals surface area contributed by atoms with E-state index < -0.39 is 11.8 Å². The van der Waals surface area contributed by atoms with Gasteiger partial charge in [-0.05, 0) is 18.1 Å². The fraction of sp³-hybridized carbons (Fsp3) is 0.400. The first kappa shape index (κ1) is 8.48. The van der Waals surface area contributed by atoms with E-state index in [1.54, 1.807) is 24.3 Å². The Morgan fingerprint density at radius 2 is 2.00 bits per heavy atom. The molecule has 1 aromatic carbocycles. The van der Waals surface area contributed by atoms with E-state index in [-0.39, 0.29) is 6.42 Å². The van der Waals surface area contributed by atoms with Crippen LogP contribution in [0.4, 0.5) is 14.5 Å². The monoisotopic (exact) mass is 183 g/mol. The highest BCUT2D eigenvalue weighted by Gasteiger charge is 2.49. The number of hydrogen-bond donors (Lipinski definition) is 1. The maximum atomic E-state index is 13.0. The molecule has 0 aliphatic heterocycles. The van der Waals surface area contributed by atoms with Gasteiger partial charge in [0.2, 0.25) is 0 Å². The lowest BCUT2D eigenvalue weighted by molar-refractivity contribution is -0.0960. The molecule has 2 N–H and O–H groups in total. The minimum Gasteiger partial charge on any atom is -0.398 e. The van der Waals surface area contributed by atoms with Crippen molar-refractivity contribution < 1.29 is 8.78 Å². The van der Waals surface area contributed by atoms with Crippen LogP contribution in [0.2, 0.25) is 0 Å². The first-order valence-electron chi connectivity index (χ1n) is 4.33. The minimum atomic E-state index is -2.55. The fourth-order valence-corrected chi connectivity index (χ4v) is 1.72. The molecule has 0 radical (unpaired) electrons. The van der Waals surface area contributed by atoms with E-state index in [9.17, 15) is 8.78 Å². The van der Waals surface area contributed by atoms with E-state index in [2.05, 4.69) is 0 Å². The molecule has 0 saturated heterocycles. The number of para-hydroxylation sites is 1. The second-order valence-corrected chi connectivity index (χ2v) is 3.48.